The summed E-state index contributed by atoms with van der Waals surface area (Å²) in [5, 5.41) is 10.5. The number of carbonyl (C=O) groups excluding carboxylic acids is 3. The van der Waals surface area contributed by atoms with Gasteiger partial charge < -0.3 is 30.2 Å². The molecular formula is C72H119N3O6. The highest BCUT2D eigenvalue weighted by molar-refractivity contribution is 5.91. The van der Waals surface area contributed by atoms with E-state index in [1.807, 2.05) is 36.4 Å². The van der Waals surface area contributed by atoms with Gasteiger partial charge in [0.15, 0.2) is 6.10 Å². The maximum atomic E-state index is 13.5. The average Bonchev–Trinajstić information content (AvgIpc) is 3.49. The fraction of sp³-hybridized carbons (Fsp3) is 0.708. The molecule has 0 heterocycles. The third-order valence-corrected chi connectivity index (χ3v) is 16.0. The minimum absolute atomic E-state index is 0.280. The van der Waals surface area contributed by atoms with Crippen LogP contribution in [0.15, 0.2) is 72.8 Å². The van der Waals surface area contributed by atoms with Crippen molar-refractivity contribution in [3.8, 4) is 0 Å². The average molecular weight is 1120 g/mol. The topological polar surface area (TPSA) is 115 Å². The van der Waals surface area contributed by atoms with Crippen LogP contribution in [0.4, 0.5) is 17.1 Å². The van der Waals surface area contributed by atoms with Crippen LogP contribution in [0.25, 0.3) is 0 Å². The van der Waals surface area contributed by atoms with Crippen molar-refractivity contribution in [1.29, 1.82) is 0 Å². The van der Waals surface area contributed by atoms with Crippen LogP contribution in [-0.2, 0) is 14.2 Å². The maximum Gasteiger partial charge on any atom is 0.338 e. The summed E-state index contributed by atoms with van der Waals surface area (Å²) in [6.07, 6.45) is 55.0. The smallest absolute Gasteiger partial charge is 0.338 e. The molecule has 0 saturated carbocycles. The molecule has 3 rings (SSSR count). The molecule has 3 aromatic carbocycles. The van der Waals surface area contributed by atoms with Crippen LogP contribution in [-0.4, -0.2) is 56.9 Å². The van der Waals surface area contributed by atoms with E-state index in [0.29, 0.717) is 16.7 Å². The van der Waals surface area contributed by atoms with E-state index in [0.717, 1.165) is 56.0 Å². The molecule has 0 unspecified atom stereocenters. The van der Waals surface area contributed by atoms with E-state index in [1.54, 1.807) is 36.4 Å². The van der Waals surface area contributed by atoms with E-state index >= 15 is 0 Å². The maximum absolute atomic E-state index is 13.5. The summed E-state index contributed by atoms with van der Waals surface area (Å²) in [5.74, 6) is -1.69. The number of carbonyl (C=O) groups is 3. The molecule has 3 N–H and O–H groups in total. The van der Waals surface area contributed by atoms with Crippen molar-refractivity contribution >= 4 is 35.0 Å². The Morgan fingerprint density at radius 3 is 0.704 bits per heavy atom. The first-order chi connectivity index (χ1) is 39.9. The lowest BCUT2D eigenvalue weighted by Gasteiger charge is -2.18. The van der Waals surface area contributed by atoms with Gasteiger partial charge in [0.2, 0.25) is 0 Å². The Kier molecular flexibility index (Phi) is 44.7. The number of anilines is 3. The largest absolute Gasteiger partial charge is 0.458 e. The molecule has 0 aliphatic carbocycles. The van der Waals surface area contributed by atoms with Crippen molar-refractivity contribution < 1.29 is 28.6 Å². The summed E-state index contributed by atoms with van der Waals surface area (Å²) in [4.78, 5) is 40.2. The van der Waals surface area contributed by atoms with Crippen molar-refractivity contribution in [2.45, 2.75) is 297 Å². The van der Waals surface area contributed by atoms with Gasteiger partial charge in [-0.05, 0) is 92.1 Å². The number of benzene rings is 3. The van der Waals surface area contributed by atoms with Gasteiger partial charge in [-0.15, -0.1) is 0 Å². The molecule has 0 amide bonds. The molecular weight excluding hydrogens is 1000 g/mol. The third kappa shape index (κ3) is 38.8. The summed E-state index contributed by atoms with van der Waals surface area (Å²) < 4.78 is 17.3. The highest BCUT2D eigenvalue weighted by Crippen LogP contribution is 2.20. The van der Waals surface area contributed by atoms with E-state index in [1.165, 1.54) is 250 Å². The Morgan fingerprint density at radius 1 is 0.284 bits per heavy atom. The number of ether oxygens (including phenoxy) is 3. The molecule has 3 aromatic rings. The minimum Gasteiger partial charge on any atom is -0.458 e. The summed E-state index contributed by atoms with van der Waals surface area (Å²) in [6, 6.07) is 21.7. The molecule has 0 atom stereocenters. The van der Waals surface area contributed by atoms with Gasteiger partial charge >= 0.3 is 17.9 Å². The van der Waals surface area contributed by atoms with E-state index in [2.05, 4.69) is 36.7 Å². The zero-order valence-electron chi connectivity index (χ0n) is 52.2. The number of rotatable bonds is 56. The molecule has 0 fully saturated rings. The van der Waals surface area contributed by atoms with E-state index in [9.17, 15) is 14.4 Å². The fourth-order valence-corrected chi connectivity index (χ4v) is 10.7. The lowest BCUT2D eigenvalue weighted by Crippen LogP contribution is -2.31. The molecule has 9 nitrogen and oxygen atoms in total. The van der Waals surface area contributed by atoms with Crippen LogP contribution in [0.3, 0.4) is 0 Å². The Balaban J connectivity index is 1.40. The molecule has 0 aliphatic rings. The molecule has 0 radical (unpaired) electrons. The van der Waals surface area contributed by atoms with Gasteiger partial charge in [-0.3, -0.25) is 0 Å². The molecule has 0 aliphatic heterocycles. The number of hydrogen-bond acceptors (Lipinski definition) is 9. The predicted molar refractivity (Wildman–Crippen MR) is 345 cm³/mol. The zero-order valence-corrected chi connectivity index (χ0v) is 52.2. The number of unbranched alkanes of at least 4 members (excludes halogenated alkanes) is 39. The van der Waals surface area contributed by atoms with Gasteiger partial charge in [-0.1, -0.05) is 271 Å². The highest BCUT2D eigenvalue weighted by atomic mass is 16.6. The van der Waals surface area contributed by atoms with Gasteiger partial charge in [0.05, 0.1) is 16.7 Å². The first-order valence-corrected chi connectivity index (χ1v) is 34.0. The van der Waals surface area contributed by atoms with Crippen LogP contribution < -0.4 is 16.0 Å². The number of nitrogens with one attached hydrogen (secondary N) is 3. The molecule has 81 heavy (non-hydrogen) atoms. The van der Waals surface area contributed by atoms with Gasteiger partial charge in [0.25, 0.3) is 0 Å². The Labute approximate surface area is 496 Å². The van der Waals surface area contributed by atoms with Gasteiger partial charge in [0.1, 0.15) is 13.2 Å². The lowest BCUT2D eigenvalue weighted by atomic mass is 10.0. The van der Waals surface area contributed by atoms with Gasteiger partial charge in [0, 0.05) is 36.7 Å². The van der Waals surface area contributed by atoms with Gasteiger partial charge in [-0.2, -0.15) is 0 Å². The fourth-order valence-electron chi connectivity index (χ4n) is 10.7. The van der Waals surface area contributed by atoms with Crippen LogP contribution in [0.1, 0.15) is 322 Å². The normalized spacial score (nSPS) is 11.3. The molecule has 0 bridgehead atoms. The second-order valence-corrected chi connectivity index (χ2v) is 23.5. The summed E-state index contributed by atoms with van der Waals surface area (Å²) in [7, 11) is 0. The zero-order chi connectivity index (χ0) is 57.7. The van der Waals surface area contributed by atoms with Crippen LogP contribution >= 0.6 is 0 Å². The van der Waals surface area contributed by atoms with Gasteiger partial charge in [-0.25, -0.2) is 14.4 Å². The molecule has 458 valence electrons. The minimum atomic E-state index is -1.03. The predicted octanol–water partition coefficient (Wildman–Crippen LogP) is 21.6. The standard InChI is InChI=1S/C72H119N3O6/c1-4-7-10-13-16-19-22-25-28-31-34-37-40-43-58-73-66-52-46-63(47-53-66)70(76)79-61-69(81-72(78)65-50-56-68(57-51-65)75-60-45-42-39-36-33-30-27-24-21-18-15-12-9-6-3)62-80-71(77)64-48-54-67(55-49-64)74-59-44-41-38-35-32-29-26-23-20-17-14-11-8-5-2/h46-57,69,73-75H,4-45,58-62H2,1-3H3. The van der Waals surface area contributed by atoms with Crippen LogP contribution in [0.5, 0.6) is 0 Å². The first-order valence-electron chi connectivity index (χ1n) is 34.0. The molecule has 0 spiro atoms. The van der Waals surface area contributed by atoms with E-state index in [-0.39, 0.29) is 13.2 Å². The lowest BCUT2D eigenvalue weighted by molar-refractivity contribution is -0.0253. The first kappa shape index (κ1) is 70.7. The monoisotopic (exact) mass is 1120 g/mol. The Hall–Kier alpha value is -4.53. The molecule has 9 heteroatoms. The summed E-state index contributed by atoms with van der Waals surface area (Å²) >= 11 is 0. The van der Waals surface area contributed by atoms with E-state index < -0.39 is 24.0 Å². The third-order valence-electron chi connectivity index (χ3n) is 16.0. The summed E-state index contributed by atoms with van der Waals surface area (Å²) in [5.41, 5.74) is 3.96. The second kappa shape index (κ2) is 51.1. The van der Waals surface area contributed by atoms with E-state index in [4.69, 9.17) is 14.2 Å². The van der Waals surface area contributed by atoms with Crippen molar-refractivity contribution in [2.75, 3.05) is 48.8 Å². The summed E-state index contributed by atoms with van der Waals surface area (Å²) in [6.45, 7) is 8.91. The van der Waals surface area contributed by atoms with Crippen molar-refractivity contribution in [3.63, 3.8) is 0 Å². The second-order valence-electron chi connectivity index (χ2n) is 23.5. The Bertz CT molecular complexity index is 1830. The van der Waals surface area contributed by atoms with Crippen LogP contribution in [0, 0.1) is 0 Å². The van der Waals surface area contributed by atoms with Crippen molar-refractivity contribution in [2.24, 2.45) is 0 Å². The van der Waals surface area contributed by atoms with Crippen molar-refractivity contribution in [1.82, 2.24) is 0 Å². The molecule has 0 aromatic heterocycles. The quantitative estimate of drug-likeness (QED) is 0.0289. The number of esters is 3. The Morgan fingerprint density at radius 2 is 0.481 bits per heavy atom. The SMILES string of the molecule is CCCCCCCCCCCCCCCCNc1ccc(C(=O)OCC(COC(=O)c2ccc(NCCCCCCCCCCCCCCCC)cc2)OC(=O)c2ccc(NCCCCCCCCCCCCCCCC)cc2)cc1. The highest BCUT2D eigenvalue weighted by Gasteiger charge is 2.22. The van der Waals surface area contributed by atoms with Crippen molar-refractivity contribution in [3.05, 3.63) is 89.5 Å². The molecule has 0 saturated heterocycles. The van der Waals surface area contributed by atoms with Crippen LogP contribution in [0.2, 0.25) is 0 Å². The number of hydrogen-bond donors (Lipinski definition) is 3.